The van der Waals surface area contributed by atoms with E-state index in [4.69, 9.17) is 0 Å². The molecule has 16 rings (SSSR count). The van der Waals surface area contributed by atoms with Crippen LogP contribution in [-0.2, 0) is 0 Å². The summed E-state index contributed by atoms with van der Waals surface area (Å²) in [5, 5.41) is 0. The van der Waals surface area contributed by atoms with Crippen molar-refractivity contribution in [1.82, 2.24) is 0 Å². The molecule has 0 atom stereocenters. The second-order valence-corrected chi connectivity index (χ2v) is 30.9. The van der Waals surface area contributed by atoms with E-state index in [1.54, 1.807) is 180 Å². The fourth-order valence-corrected chi connectivity index (χ4v) is 19.3. The Kier molecular flexibility index (Phi) is 25.2. The molecule has 0 heteroatoms. The molecule has 0 radical (unpaired) electrons. The number of rotatable bonds is 0. The zero-order valence-corrected chi connectivity index (χ0v) is 50.2. The number of hydrogen-bond acceptors (Lipinski definition) is 0. The fourth-order valence-electron chi connectivity index (χ4n) is 19.3. The molecule has 0 nitrogen and oxygen atoms in total. The molecule has 16 saturated carbocycles. The summed E-state index contributed by atoms with van der Waals surface area (Å²) in [5.41, 5.74) is 6.31. The maximum absolute atomic E-state index is 1.56. The minimum atomic E-state index is 0.858. The van der Waals surface area contributed by atoms with Crippen LogP contribution < -0.4 is 0 Å². The highest BCUT2D eigenvalue weighted by Gasteiger charge is 2.45. The second-order valence-electron chi connectivity index (χ2n) is 30.9. The molecule has 0 bridgehead atoms. The monoisotopic (exact) mass is 1010 g/mol. The molecule has 73 heavy (non-hydrogen) atoms. The first kappa shape index (κ1) is 59.1. The standard InChI is InChI=1S/C11H20.C10H18.2C9H16.2C8H14.C7H12.C6H12.C5H10/c1-3-7-11(8-4-1)9-5-2-6-10-11;1-2-6-10(7-3-1)8-4-5-9-10;1-2-6-9(5-1)7-3-4-8-9;1-2-5-9(6-3-1)7-4-8-9;1-2-5-8(4-1)6-3-7-8;1-2-4-8(5-3-1)6-7-8;1-2-4-7(3-1)5-6-7;1-2-4-6-5-3-1;1-2-4-5-3-1/h1-10H2;1-9H2;2*1-8H2;2*1-7H2;1-6H2;1-6H2;1-5H2. The molecule has 0 N–H and O–H groups in total. The van der Waals surface area contributed by atoms with Gasteiger partial charge in [-0.15, -0.1) is 0 Å². The van der Waals surface area contributed by atoms with Crippen molar-refractivity contribution in [2.75, 3.05) is 0 Å². The Hall–Kier alpha value is 0. The normalized spacial score (nSPS) is 30.9. The van der Waals surface area contributed by atoms with Gasteiger partial charge < -0.3 is 0 Å². The van der Waals surface area contributed by atoms with E-state index in [2.05, 4.69) is 0 Å². The molecule has 7 spiro atoms. The SMILES string of the molecule is C1CCC2(C1)CC2.C1CCC2(C1)CCC2.C1CCC2(C1)CCCC2.C1CCC2(CC1)CC2.C1CCC2(CC1)CCC2.C1CCC2(CC1)CCCC2.C1CCC2(CC1)CCCCC2.C1CCCC1.C1CCCCC1. The minimum Gasteiger partial charge on any atom is -0.0533 e. The van der Waals surface area contributed by atoms with Crippen molar-refractivity contribution in [3.05, 3.63) is 0 Å². The quantitative estimate of drug-likeness (QED) is 0.227. The highest BCUT2D eigenvalue weighted by Crippen LogP contribution is 2.58. The van der Waals surface area contributed by atoms with E-state index in [1.807, 2.05) is 0 Å². The first-order valence-electron chi connectivity index (χ1n) is 35.9. The first-order valence-corrected chi connectivity index (χ1v) is 35.9. The zero-order chi connectivity index (χ0) is 50.2. The molecule has 16 aliphatic carbocycles. The van der Waals surface area contributed by atoms with E-state index in [0.29, 0.717) is 0 Å². The van der Waals surface area contributed by atoms with Gasteiger partial charge in [0.2, 0.25) is 0 Å². The van der Waals surface area contributed by atoms with Crippen LogP contribution in [-0.4, -0.2) is 0 Å². The maximum atomic E-state index is 1.56. The molecule has 0 unspecified atom stereocenters. The average Bonchev–Trinajstić information content (AvgIpc) is 4.03. The lowest BCUT2D eigenvalue weighted by Gasteiger charge is -2.45. The molecule has 424 valence electrons. The lowest BCUT2D eigenvalue weighted by Crippen LogP contribution is -2.31. The van der Waals surface area contributed by atoms with Crippen molar-refractivity contribution in [1.29, 1.82) is 0 Å². The molecule has 0 heterocycles. The summed E-state index contributed by atoms with van der Waals surface area (Å²) in [5.74, 6) is 0. The molecule has 0 amide bonds. The van der Waals surface area contributed by atoms with Crippen molar-refractivity contribution < 1.29 is 0 Å². The van der Waals surface area contributed by atoms with Crippen molar-refractivity contribution in [3.63, 3.8) is 0 Å². The lowest BCUT2D eigenvalue weighted by molar-refractivity contribution is 0.0775. The Bertz CT molecular complexity index is 1290. The van der Waals surface area contributed by atoms with E-state index < -0.39 is 0 Å². The van der Waals surface area contributed by atoms with E-state index in [9.17, 15) is 0 Å². The Morgan fingerprint density at radius 2 is 0.151 bits per heavy atom. The van der Waals surface area contributed by atoms with Crippen LogP contribution in [0.4, 0.5) is 0 Å². The number of hydrogen-bond donors (Lipinski definition) is 0. The lowest BCUT2D eigenvalue weighted by atomic mass is 9.61. The largest absolute Gasteiger partial charge is 0.0533 e. The first-order chi connectivity index (χ1) is 35.9. The van der Waals surface area contributed by atoms with Gasteiger partial charge >= 0.3 is 0 Å². The Morgan fingerprint density at radius 1 is 0.0685 bits per heavy atom. The summed E-state index contributed by atoms with van der Waals surface area (Å²) in [6, 6.07) is 0. The predicted octanol–water partition coefficient (Wildman–Crippen LogP) is 25.7. The van der Waals surface area contributed by atoms with E-state index in [1.165, 1.54) is 244 Å². The molecular formula is C73H132. The van der Waals surface area contributed by atoms with Crippen LogP contribution in [0.5, 0.6) is 0 Å². The van der Waals surface area contributed by atoms with Gasteiger partial charge in [-0.1, -0.05) is 244 Å². The topological polar surface area (TPSA) is 0 Å². The minimum absolute atomic E-state index is 0.858. The predicted molar refractivity (Wildman–Crippen MR) is 322 cm³/mol. The highest BCUT2D eigenvalue weighted by atomic mass is 14.5. The average molecular weight is 1010 g/mol. The third kappa shape index (κ3) is 20.2. The van der Waals surface area contributed by atoms with E-state index in [-0.39, 0.29) is 0 Å². The summed E-state index contributed by atoms with van der Waals surface area (Å²) >= 11 is 0. The summed E-state index contributed by atoms with van der Waals surface area (Å²) in [6.45, 7) is 0. The van der Waals surface area contributed by atoms with Crippen molar-refractivity contribution in [3.8, 4) is 0 Å². The van der Waals surface area contributed by atoms with Crippen LogP contribution in [0.3, 0.4) is 0 Å². The Morgan fingerprint density at radius 3 is 0.247 bits per heavy atom. The van der Waals surface area contributed by atoms with Crippen LogP contribution in [0.15, 0.2) is 0 Å². The Labute approximate surface area is 459 Å². The van der Waals surface area contributed by atoms with Gasteiger partial charge in [0, 0.05) is 0 Å². The van der Waals surface area contributed by atoms with Gasteiger partial charge in [0.15, 0.2) is 0 Å². The maximum Gasteiger partial charge on any atom is -0.0297 e. The van der Waals surface area contributed by atoms with Crippen LogP contribution in [0.25, 0.3) is 0 Å². The van der Waals surface area contributed by atoms with Gasteiger partial charge in [0.1, 0.15) is 0 Å². The smallest absolute Gasteiger partial charge is 0.0297 e. The second kappa shape index (κ2) is 31.1. The van der Waals surface area contributed by atoms with Gasteiger partial charge in [0.25, 0.3) is 0 Å². The van der Waals surface area contributed by atoms with Crippen LogP contribution in [0.1, 0.15) is 424 Å². The molecule has 16 aliphatic rings. The van der Waals surface area contributed by atoms with Crippen molar-refractivity contribution in [2.45, 2.75) is 424 Å². The van der Waals surface area contributed by atoms with Crippen LogP contribution in [0, 0.1) is 37.9 Å². The summed E-state index contributed by atoms with van der Waals surface area (Å²) in [7, 11) is 0. The van der Waals surface area contributed by atoms with E-state index >= 15 is 0 Å². The summed E-state index contributed by atoms with van der Waals surface area (Å²) < 4.78 is 0. The third-order valence-electron chi connectivity index (χ3n) is 25.4. The van der Waals surface area contributed by atoms with Gasteiger partial charge in [-0.05, 0) is 218 Å². The molecule has 0 aliphatic heterocycles. The summed E-state index contributed by atoms with van der Waals surface area (Å²) in [6.07, 6.45) is 101. The zero-order valence-electron chi connectivity index (χ0n) is 50.2. The highest BCUT2D eigenvalue weighted by molar-refractivity contribution is 4.97. The molecule has 0 saturated heterocycles. The van der Waals surface area contributed by atoms with Crippen LogP contribution >= 0.6 is 0 Å². The summed E-state index contributed by atoms with van der Waals surface area (Å²) in [4.78, 5) is 0. The van der Waals surface area contributed by atoms with Crippen molar-refractivity contribution in [2.24, 2.45) is 37.9 Å². The molecule has 0 aromatic carbocycles. The van der Waals surface area contributed by atoms with Crippen molar-refractivity contribution >= 4 is 0 Å². The van der Waals surface area contributed by atoms with Gasteiger partial charge in [-0.3, -0.25) is 0 Å². The van der Waals surface area contributed by atoms with E-state index in [0.717, 1.165) is 37.9 Å². The molecular weight excluding hydrogens is 877 g/mol. The van der Waals surface area contributed by atoms with Gasteiger partial charge in [0.05, 0.1) is 0 Å². The molecule has 0 aromatic heterocycles. The molecule has 0 aromatic rings. The molecule has 16 fully saturated rings. The van der Waals surface area contributed by atoms with Gasteiger partial charge in [-0.2, -0.15) is 0 Å². The third-order valence-corrected chi connectivity index (χ3v) is 25.4. The Balaban J connectivity index is 0.000000110. The fraction of sp³-hybridized carbons (Fsp3) is 1.00. The van der Waals surface area contributed by atoms with Gasteiger partial charge in [-0.25, -0.2) is 0 Å². The van der Waals surface area contributed by atoms with Crippen LogP contribution in [0.2, 0.25) is 0 Å².